The summed E-state index contributed by atoms with van der Waals surface area (Å²) >= 11 is 3.50. The molecule has 3 nitrogen and oxygen atoms in total. The largest absolute Gasteiger partial charge is 0.504 e. The van der Waals surface area contributed by atoms with E-state index in [9.17, 15) is 5.11 Å². The van der Waals surface area contributed by atoms with Crippen molar-refractivity contribution in [1.82, 2.24) is 0 Å². The molecular weight excluding hydrogens is 270 g/mol. The van der Waals surface area contributed by atoms with E-state index in [0.717, 1.165) is 10.0 Å². The van der Waals surface area contributed by atoms with Crippen molar-refractivity contribution in [3.63, 3.8) is 0 Å². The fraction of sp³-hybridized carbons (Fsp3) is 0.500. The summed E-state index contributed by atoms with van der Waals surface area (Å²) in [7, 11) is 1.54. The first-order chi connectivity index (χ1) is 7.39. The summed E-state index contributed by atoms with van der Waals surface area (Å²) in [6.45, 7) is 4.27. The zero-order valence-corrected chi connectivity index (χ0v) is 11.2. The second-order valence-corrected chi connectivity index (χ2v) is 5.72. The van der Waals surface area contributed by atoms with E-state index >= 15 is 0 Å². The van der Waals surface area contributed by atoms with Crippen molar-refractivity contribution in [3.05, 3.63) is 22.2 Å². The van der Waals surface area contributed by atoms with Crippen LogP contribution in [-0.2, 0) is 0 Å². The molecule has 0 saturated heterocycles. The Kier molecular flexibility index (Phi) is 2.67. The number of rotatable bonds is 2. The van der Waals surface area contributed by atoms with Crippen molar-refractivity contribution in [2.75, 3.05) is 7.11 Å². The molecule has 0 amide bonds. The van der Waals surface area contributed by atoms with Crippen LogP contribution in [0.2, 0.25) is 0 Å². The molecule has 0 spiro atoms. The van der Waals surface area contributed by atoms with Gasteiger partial charge < -0.3 is 15.6 Å². The lowest BCUT2D eigenvalue weighted by Gasteiger charge is -2.10. The van der Waals surface area contributed by atoms with Gasteiger partial charge in [0, 0.05) is 16.4 Å². The van der Waals surface area contributed by atoms with Gasteiger partial charge in [-0.15, -0.1) is 0 Å². The van der Waals surface area contributed by atoms with Gasteiger partial charge in [0.1, 0.15) is 0 Å². The van der Waals surface area contributed by atoms with Gasteiger partial charge in [0.05, 0.1) is 7.11 Å². The fourth-order valence-electron chi connectivity index (χ4n) is 2.23. The highest BCUT2D eigenvalue weighted by molar-refractivity contribution is 9.10. The van der Waals surface area contributed by atoms with Crippen LogP contribution in [0, 0.1) is 5.41 Å². The van der Waals surface area contributed by atoms with Crippen LogP contribution < -0.4 is 10.5 Å². The smallest absolute Gasteiger partial charge is 0.161 e. The number of methoxy groups -OCH3 is 1. The van der Waals surface area contributed by atoms with Crippen molar-refractivity contribution in [2.45, 2.75) is 25.8 Å². The summed E-state index contributed by atoms with van der Waals surface area (Å²) in [5.41, 5.74) is 7.18. The zero-order chi connectivity index (χ0) is 12.1. The molecule has 4 heteroatoms. The summed E-state index contributed by atoms with van der Waals surface area (Å²) < 4.78 is 5.99. The Morgan fingerprint density at radius 1 is 1.44 bits per heavy atom. The Morgan fingerprint density at radius 3 is 2.44 bits per heavy atom. The number of phenolic OH excluding ortho intramolecular Hbond substituents is 1. The van der Waals surface area contributed by atoms with Crippen LogP contribution in [0.4, 0.5) is 0 Å². The standard InChI is InChI=1S/C12H16BrNO2/c1-12(2)10(11(12)14)6-4-8(15)9(16-3)5-7(6)13/h4-5,10-11,15H,14H2,1-3H3. The number of ether oxygens (including phenoxy) is 1. The molecule has 2 unspecified atom stereocenters. The molecule has 1 fully saturated rings. The van der Waals surface area contributed by atoms with Gasteiger partial charge in [-0.25, -0.2) is 0 Å². The third-order valence-electron chi connectivity index (χ3n) is 3.54. The maximum Gasteiger partial charge on any atom is 0.161 e. The monoisotopic (exact) mass is 285 g/mol. The molecule has 0 aromatic heterocycles. The molecule has 0 aliphatic heterocycles. The average molecular weight is 286 g/mol. The molecule has 1 aromatic carbocycles. The summed E-state index contributed by atoms with van der Waals surface area (Å²) in [5, 5.41) is 9.76. The predicted octanol–water partition coefficient (Wildman–Crippen LogP) is 2.61. The van der Waals surface area contributed by atoms with Gasteiger partial charge in [0.2, 0.25) is 0 Å². The normalized spacial score (nSPS) is 26.6. The van der Waals surface area contributed by atoms with E-state index in [4.69, 9.17) is 10.5 Å². The van der Waals surface area contributed by atoms with Crippen LogP contribution in [0.15, 0.2) is 16.6 Å². The Hall–Kier alpha value is -0.740. The molecule has 2 rings (SSSR count). The highest BCUT2D eigenvalue weighted by Gasteiger charge is 2.56. The van der Waals surface area contributed by atoms with Gasteiger partial charge >= 0.3 is 0 Å². The quantitative estimate of drug-likeness (QED) is 0.878. The molecule has 1 saturated carbocycles. The van der Waals surface area contributed by atoms with Gasteiger partial charge in [-0.05, 0) is 23.1 Å². The van der Waals surface area contributed by atoms with Crippen molar-refractivity contribution in [2.24, 2.45) is 11.1 Å². The SMILES string of the molecule is COc1cc(Br)c(C2C(N)C2(C)C)cc1O. The summed E-state index contributed by atoms with van der Waals surface area (Å²) in [5.74, 6) is 0.928. The van der Waals surface area contributed by atoms with E-state index in [1.807, 2.05) is 0 Å². The predicted molar refractivity (Wildman–Crippen MR) is 66.9 cm³/mol. The molecule has 1 aromatic rings. The van der Waals surface area contributed by atoms with Gasteiger partial charge in [0.25, 0.3) is 0 Å². The minimum absolute atomic E-state index is 0.101. The zero-order valence-electron chi connectivity index (χ0n) is 9.62. The molecule has 1 aliphatic carbocycles. The first kappa shape index (κ1) is 11.7. The molecule has 0 radical (unpaired) electrons. The number of phenols is 1. The Bertz CT molecular complexity index is 431. The molecule has 2 atom stereocenters. The highest BCUT2D eigenvalue weighted by Crippen LogP contribution is 2.59. The highest BCUT2D eigenvalue weighted by atomic mass is 79.9. The van der Waals surface area contributed by atoms with Crippen LogP contribution in [0.5, 0.6) is 11.5 Å². The third kappa shape index (κ3) is 1.60. The van der Waals surface area contributed by atoms with E-state index in [2.05, 4.69) is 29.8 Å². The van der Waals surface area contributed by atoms with Gasteiger partial charge in [-0.2, -0.15) is 0 Å². The summed E-state index contributed by atoms with van der Waals surface area (Å²) in [4.78, 5) is 0. The van der Waals surface area contributed by atoms with E-state index in [1.54, 1.807) is 12.1 Å². The lowest BCUT2D eigenvalue weighted by Crippen LogP contribution is -2.06. The molecule has 88 valence electrons. The van der Waals surface area contributed by atoms with Crippen LogP contribution >= 0.6 is 15.9 Å². The first-order valence-corrected chi connectivity index (χ1v) is 6.01. The number of halogens is 1. The second-order valence-electron chi connectivity index (χ2n) is 4.87. The summed E-state index contributed by atoms with van der Waals surface area (Å²) in [6.07, 6.45) is 0. The van der Waals surface area contributed by atoms with Crippen LogP contribution in [0.1, 0.15) is 25.3 Å². The number of benzene rings is 1. The molecule has 3 N–H and O–H groups in total. The maximum atomic E-state index is 9.76. The van der Waals surface area contributed by atoms with Crippen LogP contribution in [0.25, 0.3) is 0 Å². The van der Waals surface area contributed by atoms with E-state index in [-0.39, 0.29) is 17.2 Å². The van der Waals surface area contributed by atoms with Gasteiger partial charge in [0.15, 0.2) is 11.5 Å². The van der Waals surface area contributed by atoms with Gasteiger partial charge in [-0.3, -0.25) is 0 Å². The molecular formula is C12H16BrNO2. The number of nitrogens with two attached hydrogens (primary N) is 1. The lowest BCUT2D eigenvalue weighted by molar-refractivity contribution is 0.372. The number of hydrogen-bond donors (Lipinski definition) is 2. The Labute approximate surface area is 104 Å². The molecule has 1 aliphatic rings. The van der Waals surface area contributed by atoms with Crippen LogP contribution in [-0.4, -0.2) is 18.3 Å². The summed E-state index contributed by atoms with van der Waals surface area (Å²) in [6, 6.07) is 3.67. The van der Waals surface area contributed by atoms with Crippen molar-refractivity contribution in [3.8, 4) is 11.5 Å². The number of aromatic hydroxyl groups is 1. The second kappa shape index (κ2) is 3.64. The van der Waals surface area contributed by atoms with Crippen LogP contribution in [0.3, 0.4) is 0 Å². The Morgan fingerprint density at radius 2 is 2.00 bits per heavy atom. The van der Waals surface area contributed by atoms with E-state index < -0.39 is 0 Å². The maximum absolute atomic E-state index is 9.76. The van der Waals surface area contributed by atoms with Crippen molar-refractivity contribution < 1.29 is 9.84 Å². The topological polar surface area (TPSA) is 55.5 Å². The van der Waals surface area contributed by atoms with Crippen molar-refractivity contribution >= 4 is 15.9 Å². The average Bonchev–Trinajstić information content (AvgIpc) is 2.70. The minimum atomic E-state index is 0.101. The van der Waals surface area contributed by atoms with E-state index in [1.165, 1.54) is 7.11 Å². The first-order valence-electron chi connectivity index (χ1n) is 5.21. The molecule has 0 bridgehead atoms. The van der Waals surface area contributed by atoms with E-state index in [0.29, 0.717) is 11.7 Å². The lowest BCUT2D eigenvalue weighted by atomic mass is 10.0. The molecule has 16 heavy (non-hydrogen) atoms. The minimum Gasteiger partial charge on any atom is -0.504 e. The van der Waals surface area contributed by atoms with Gasteiger partial charge in [-0.1, -0.05) is 29.8 Å². The Balaban J connectivity index is 2.41. The number of hydrogen-bond acceptors (Lipinski definition) is 3. The third-order valence-corrected chi connectivity index (χ3v) is 4.23. The fourth-order valence-corrected chi connectivity index (χ4v) is 2.80. The molecule has 0 heterocycles. The van der Waals surface area contributed by atoms with Crippen molar-refractivity contribution in [1.29, 1.82) is 0 Å².